The van der Waals surface area contributed by atoms with E-state index in [0.717, 1.165) is 6.08 Å². The number of Topliss-reactive ketones (excluding diaryl/α,β-unsaturated/α-hetero) is 1. The van der Waals surface area contributed by atoms with E-state index in [0.29, 0.717) is 11.3 Å². The molecule has 1 aromatic carbocycles. The second-order valence-corrected chi connectivity index (χ2v) is 4.90. The third-order valence-electron chi connectivity index (χ3n) is 3.45. The van der Waals surface area contributed by atoms with Gasteiger partial charge in [-0.2, -0.15) is 8.78 Å². The first kappa shape index (κ1) is 15.8. The third-order valence-corrected chi connectivity index (χ3v) is 3.45. The van der Waals surface area contributed by atoms with Crippen molar-refractivity contribution in [1.82, 2.24) is 4.98 Å². The molecule has 0 saturated carbocycles. The number of aromatic nitrogens is 1. The summed E-state index contributed by atoms with van der Waals surface area (Å²) in [6.45, 7) is -2.90. The summed E-state index contributed by atoms with van der Waals surface area (Å²) < 4.78 is 33.5. The molecular weight excluding hydrogens is 320 g/mol. The topological polar surface area (TPSA) is 65.5 Å². The Balaban J connectivity index is 1.95. The van der Waals surface area contributed by atoms with Crippen LogP contribution in [0.5, 0.6) is 5.75 Å². The van der Waals surface area contributed by atoms with Crippen LogP contribution in [0.15, 0.2) is 48.2 Å². The molecule has 5 nitrogen and oxygen atoms in total. The van der Waals surface area contributed by atoms with Gasteiger partial charge in [0.15, 0.2) is 5.76 Å². The van der Waals surface area contributed by atoms with E-state index in [4.69, 9.17) is 4.74 Å². The molecule has 0 unspecified atom stereocenters. The fourth-order valence-electron chi connectivity index (χ4n) is 2.34. The Hall–Kier alpha value is -3.09. The van der Waals surface area contributed by atoms with Crippen molar-refractivity contribution in [3.8, 4) is 17.0 Å². The Kier molecular flexibility index (Phi) is 4.07. The number of nitrogens with zero attached hydrogens (tertiary/aromatic N) is 1. The predicted molar refractivity (Wildman–Crippen MR) is 80.1 cm³/mol. The van der Waals surface area contributed by atoms with Crippen molar-refractivity contribution >= 4 is 11.6 Å². The zero-order chi connectivity index (χ0) is 17.3. The molecule has 2 aromatic rings. The van der Waals surface area contributed by atoms with Gasteiger partial charge in [0.05, 0.1) is 18.4 Å². The number of ether oxygens (including phenoxy) is 2. The van der Waals surface area contributed by atoms with E-state index < -0.39 is 18.2 Å². The smallest absolute Gasteiger partial charge is 0.387 e. The van der Waals surface area contributed by atoms with E-state index >= 15 is 0 Å². The number of fused-ring (bicyclic) bond motifs is 1. The number of carbonyl (C=O) groups excluding carboxylic acids is 2. The fraction of sp³-hybridized carbons (Fsp3) is 0.118. The average Bonchev–Trinajstić information content (AvgIpc) is 2.58. The van der Waals surface area contributed by atoms with Gasteiger partial charge in [-0.3, -0.25) is 9.59 Å². The van der Waals surface area contributed by atoms with Crippen LogP contribution in [0.25, 0.3) is 11.3 Å². The van der Waals surface area contributed by atoms with Crippen LogP contribution in [0.3, 0.4) is 0 Å². The Morgan fingerprint density at radius 2 is 1.75 bits per heavy atom. The Morgan fingerprint density at radius 3 is 2.38 bits per heavy atom. The lowest BCUT2D eigenvalue weighted by Crippen LogP contribution is -2.19. The quantitative estimate of drug-likeness (QED) is 0.860. The van der Waals surface area contributed by atoms with Gasteiger partial charge in [-0.15, -0.1) is 0 Å². The van der Waals surface area contributed by atoms with Crippen LogP contribution in [-0.2, 0) is 4.74 Å². The molecule has 3 rings (SSSR count). The van der Waals surface area contributed by atoms with Crippen molar-refractivity contribution in [1.29, 1.82) is 0 Å². The molecule has 1 aliphatic carbocycles. The molecule has 1 aliphatic rings. The van der Waals surface area contributed by atoms with E-state index in [1.165, 1.54) is 37.4 Å². The zero-order valence-corrected chi connectivity index (χ0v) is 12.5. The highest BCUT2D eigenvalue weighted by Crippen LogP contribution is 2.26. The summed E-state index contributed by atoms with van der Waals surface area (Å²) >= 11 is 0. The number of benzene rings is 1. The standard InChI is InChI=1S/C17H11F2NO4/c1-23-14-8-13(21)15-11(16(14)22)6-7-12(20-15)9-2-4-10(5-3-9)24-17(18)19/h2-8,17H,1H3. The molecule has 0 saturated heterocycles. The van der Waals surface area contributed by atoms with Crippen molar-refractivity contribution in [2.75, 3.05) is 7.11 Å². The summed E-state index contributed by atoms with van der Waals surface area (Å²) in [5.41, 5.74) is 1.24. The van der Waals surface area contributed by atoms with Crippen molar-refractivity contribution < 1.29 is 27.8 Å². The minimum absolute atomic E-state index is 0.0191. The molecule has 0 fully saturated rings. The second-order valence-electron chi connectivity index (χ2n) is 4.90. The van der Waals surface area contributed by atoms with Crippen LogP contribution in [0.4, 0.5) is 8.78 Å². The molecule has 0 bridgehead atoms. The van der Waals surface area contributed by atoms with Gasteiger partial charge in [-0.1, -0.05) is 0 Å². The van der Waals surface area contributed by atoms with Gasteiger partial charge in [-0.05, 0) is 36.4 Å². The summed E-state index contributed by atoms with van der Waals surface area (Å²) in [7, 11) is 1.31. The summed E-state index contributed by atoms with van der Waals surface area (Å²) in [5, 5.41) is 0. The van der Waals surface area contributed by atoms with Gasteiger partial charge in [0.2, 0.25) is 11.6 Å². The molecular formula is C17H11F2NO4. The van der Waals surface area contributed by atoms with Crippen LogP contribution >= 0.6 is 0 Å². The monoisotopic (exact) mass is 331 g/mol. The molecule has 0 atom stereocenters. The molecule has 122 valence electrons. The minimum Gasteiger partial charge on any atom is -0.492 e. The number of rotatable bonds is 4. The van der Waals surface area contributed by atoms with Crippen molar-refractivity contribution in [2.45, 2.75) is 6.61 Å². The number of halogens is 2. The molecule has 1 aromatic heterocycles. The lowest BCUT2D eigenvalue weighted by molar-refractivity contribution is -0.0498. The Morgan fingerprint density at radius 1 is 1.04 bits per heavy atom. The van der Waals surface area contributed by atoms with Gasteiger partial charge < -0.3 is 9.47 Å². The van der Waals surface area contributed by atoms with Crippen LogP contribution in [0.1, 0.15) is 20.8 Å². The van der Waals surface area contributed by atoms with Crippen molar-refractivity contribution in [2.24, 2.45) is 0 Å². The molecule has 1 heterocycles. The highest BCUT2D eigenvalue weighted by molar-refractivity contribution is 6.23. The largest absolute Gasteiger partial charge is 0.492 e. The van der Waals surface area contributed by atoms with Gasteiger partial charge in [0.25, 0.3) is 0 Å². The summed E-state index contributed by atoms with van der Waals surface area (Å²) in [5.74, 6) is -0.853. The number of hydrogen-bond donors (Lipinski definition) is 0. The lowest BCUT2D eigenvalue weighted by atomic mass is 9.97. The third kappa shape index (κ3) is 2.88. The molecule has 0 N–H and O–H groups in total. The maximum Gasteiger partial charge on any atom is 0.387 e. The number of pyridine rings is 1. The summed E-state index contributed by atoms with van der Waals surface area (Å²) in [4.78, 5) is 28.4. The molecule has 24 heavy (non-hydrogen) atoms. The first-order valence-electron chi connectivity index (χ1n) is 6.90. The first-order valence-corrected chi connectivity index (χ1v) is 6.90. The molecule has 0 spiro atoms. The van der Waals surface area contributed by atoms with E-state index in [1.54, 1.807) is 6.07 Å². The van der Waals surface area contributed by atoms with E-state index in [1.807, 2.05) is 0 Å². The van der Waals surface area contributed by atoms with E-state index in [2.05, 4.69) is 9.72 Å². The summed E-state index contributed by atoms with van der Waals surface area (Å²) in [6, 6.07) is 8.89. The van der Waals surface area contributed by atoms with Crippen molar-refractivity contribution in [3.63, 3.8) is 0 Å². The highest BCUT2D eigenvalue weighted by Gasteiger charge is 2.28. The van der Waals surface area contributed by atoms with Crippen LogP contribution in [0, 0.1) is 0 Å². The van der Waals surface area contributed by atoms with Crippen LogP contribution in [-0.4, -0.2) is 30.3 Å². The SMILES string of the molecule is COC1=CC(=O)c2nc(-c3ccc(OC(F)F)cc3)ccc2C1=O. The van der Waals surface area contributed by atoms with E-state index in [9.17, 15) is 18.4 Å². The van der Waals surface area contributed by atoms with Crippen molar-refractivity contribution in [3.05, 3.63) is 59.5 Å². The highest BCUT2D eigenvalue weighted by atomic mass is 19.3. The number of ketones is 2. The van der Waals surface area contributed by atoms with Gasteiger partial charge in [-0.25, -0.2) is 4.98 Å². The molecule has 7 heteroatoms. The van der Waals surface area contributed by atoms with Gasteiger partial charge in [0, 0.05) is 11.6 Å². The van der Waals surface area contributed by atoms with Gasteiger partial charge >= 0.3 is 6.61 Å². The maximum absolute atomic E-state index is 12.2. The first-order chi connectivity index (χ1) is 11.5. The van der Waals surface area contributed by atoms with E-state index in [-0.39, 0.29) is 22.8 Å². The normalized spacial score (nSPS) is 13.6. The number of methoxy groups -OCH3 is 1. The number of hydrogen-bond acceptors (Lipinski definition) is 5. The molecule has 0 amide bonds. The fourth-order valence-corrected chi connectivity index (χ4v) is 2.34. The number of alkyl halides is 2. The lowest BCUT2D eigenvalue weighted by Gasteiger charge is -2.14. The Labute approximate surface area is 135 Å². The second kappa shape index (κ2) is 6.19. The predicted octanol–water partition coefficient (Wildman–Crippen LogP) is 3.26. The number of carbonyl (C=O) groups is 2. The summed E-state index contributed by atoms with van der Waals surface area (Å²) in [6.07, 6.45) is 1.10. The van der Waals surface area contributed by atoms with Gasteiger partial charge in [0.1, 0.15) is 11.4 Å². The van der Waals surface area contributed by atoms with Crippen LogP contribution in [0.2, 0.25) is 0 Å². The number of allylic oxidation sites excluding steroid dienone is 2. The molecule has 0 aliphatic heterocycles. The average molecular weight is 331 g/mol. The zero-order valence-electron chi connectivity index (χ0n) is 12.5. The van der Waals surface area contributed by atoms with Crippen LogP contribution < -0.4 is 4.74 Å². The molecule has 0 radical (unpaired) electrons. The maximum atomic E-state index is 12.2. The minimum atomic E-state index is -2.90. The Bertz CT molecular complexity index is 844.